The molecular weight excluding hydrogens is 316 g/mol. The number of aryl methyl sites for hydroxylation is 2. The lowest BCUT2D eigenvalue weighted by molar-refractivity contribution is -0.120. The van der Waals surface area contributed by atoms with Crippen LogP contribution in [0.25, 0.3) is 0 Å². The van der Waals surface area contributed by atoms with Crippen molar-refractivity contribution in [3.05, 3.63) is 47.3 Å². The molecule has 1 aromatic carbocycles. The number of benzene rings is 1. The molecule has 2 N–H and O–H groups in total. The highest BCUT2D eigenvalue weighted by Gasteiger charge is 2.14. The highest BCUT2D eigenvalue weighted by Crippen LogP contribution is 2.15. The number of rotatable bonds is 6. The van der Waals surface area contributed by atoms with Crippen LogP contribution in [0, 0.1) is 19.8 Å². The van der Waals surface area contributed by atoms with E-state index in [1.54, 1.807) is 24.3 Å². The molecule has 0 bridgehead atoms. The monoisotopic (exact) mass is 340 g/mol. The molecule has 6 heteroatoms. The summed E-state index contributed by atoms with van der Waals surface area (Å²) in [6.45, 7) is 7.69. The van der Waals surface area contributed by atoms with Crippen molar-refractivity contribution >= 4 is 23.5 Å². The number of nitrogens with one attached hydrogen (secondary N) is 2. The summed E-state index contributed by atoms with van der Waals surface area (Å²) in [4.78, 5) is 32.8. The number of carbonyl (C=O) groups excluding carboxylic acids is 2. The van der Waals surface area contributed by atoms with Crippen LogP contribution in [-0.2, 0) is 4.79 Å². The van der Waals surface area contributed by atoms with Crippen LogP contribution >= 0.6 is 0 Å². The Labute approximate surface area is 148 Å². The van der Waals surface area contributed by atoms with E-state index in [0.717, 1.165) is 24.2 Å². The number of hydrogen-bond donors (Lipinski definition) is 2. The highest BCUT2D eigenvalue weighted by molar-refractivity contribution is 6.03. The number of aromatic nitrogens is 2. The van der Waals surface area contributed by atoms with Crippen molar-refractivity contribution in [2.75, 3.05) is 10.6 Å². The average Bonchev–Trinajstić information content (AvgIpc) is 2.55. The topological polar surface area (TPSA) is 84.0 Å². The summed E-state index contributed by atoms with van der Waals surface area (Å²) in [5.74, 6) is 0.00648. The summed E-state index contributed by atoms with van der Waals surface area (Å²) in [6.07, 6.45) is 1.61. The molecule has 1 heterocycles. The van der Waals surface area contributed by atoms with Crippen LogP contribution in [0.3, 0.4) is 0 Å². The van der Waals surface area contributed by atoms with Crippen molar-refractivity contribution in [2.45, 2.75) is 40.5 Å². The molecule has 0 unspecified atom stereocenters. The van der Waals surface area contributed by atoms with Gasteiger partial charge in [-0.15, -0.1) is 0 Å². The molecule has 2 aromatic rings. The number of anilines is 2. The molecule has 1 aromatic heterocycles. The first-order chi connectivity index (χ1) is 11.9. The van der Waals surface area contributed by atoms with Gasteiger partial charge in [0.1, 0.15) is 0 Å². The van der Waals surface area contributed by atoms with Crippen LogP contribution in [0.5, 0.6) is 0 Å². The van der Waals surface area contributed by atoms with Crippen molar-refractivity contribution in [1.29, 1.82) is 0 Å². The number of carbonyl (C=O) groups is 2. The van der Waals surface area contributed by atoms with E-state index < -0.39 is 0 Å². The quantitative estimate of drug-likeness (QED) is 0.839. The first-order valence-corrected chi connectivity index (χ1v) is 8.47. The Morgan fingerprint density at radius 2 is 1.52 bits per heavy atom. The van der Waals surface area contributed by atoms with Gasteiger partial charge in [-0.2, -0.15) is 0 Å². The zero-order valence-electron chi connectivity index (χ0n) is 15.1. The van der Waals surface area contributed by atoms with Crippen molar-refractivity contribution in [2.24, 2.45) is 5.92 Å². The zero-order valence-corrected chi connectivity index (χ0v) is 15.1. The van der Waals surface area contributed by atoms with Crippen molar-refractivity contribution in [1.82, 2.24) is 9.97 Å². The van der Waals surface area contributed by atoms with Crippen molar-refractivity contribution < 1.29 is 9.59 Å². The fourth-order valence-electron chi connectivity index (χ4n) is 2.56. The second-order valence-electron chi connectivity index (χ2n) is 6.01. The molecule has 6 nitrogen and oxygen atoms in total. The van der Waals surface area contributed by atoms with E-state index in [1.807, 2.05) is 33.8 Å². The van der Waals surface area contributed by atoms with Gasteiger partial charge in [0.25, 0.3) is 5.91 Å². The van der Waals surface area contributed by atoms with E-state index in [-0.39, 0.29) is 23.7 Å². The van der Waals surface area contributed by atoms with Gasteiger partial charge in [0, 0.05) is 28.6 Å². The molecule has 0 fully saturated rings. The first-order valence-electron chi connectivity index (χ1n) is 8.47. The molecule has 2 amide bonds. The standard InChI is InChI=1S/C19H24N4O2/c1-5-14(6-2)17(24)22-16-9-7-15(8-10-16)18(25)23-19-20-12(3)11-13(4)21-19/h7-11,14H,5-6H2,1-4H3,(H,22,24)(H,20,21,23,25). The van der Waals surface area contributed by atoms with Crippen molar-refractivity contribution in [3.8, 4) is 0 Å². The average molecular weight is 340 g/mol. The van der Waals surface area contributed by atoms with Gasteiger partial charge in [-0.05, 0) is 57.0 Å². The minimum Gasteiger partial charge on any atom is -0.326 e. The maximum atomic E-state index is 12.3. The predicted molar refractivity (Wildman–Crippen MR) is 98.6 cm³/mol. The maximum absolute atomic E-state index is 12.3. The van der Waals surface area contributed by atoms with Gasteiger partial charge in [0.05, 0.1) is 0 Å². The van der Waals surface area contributed by atoms with Crippen LogP contribution in [0.15, 0.2) is 30.3 Å². The van der Waals surface area contributed by atoms with E-state index in [4.69, 9.17) is 0 Å². The SMILES string of the molecule is CCC(CC)C(=O)Nc1ccc(C(=O)Nc2nc(C)cc(C)n2)cc1. The summed E-state index contributed by atoms with van der Waals surface area (Å²) < 4.78 is 0. The number of nitrogens with zero attached hydrogens (tertiary/aromatic N) is 2. The normalized spacial score (nSPS) is 10.6. The molecule has 0 saturated heterocycles. The van der Waals surface area contributed by atoms with Crippen LogP contribution in [0.2, 0.25) is 0 Å². The molecule has 0 radical (unpaired) electrons. The molecular formula is C19H24N4O2. The van der Waals surface area contributed by atoms with E-state index in [9.17, 15) is 9.59 Å². The number of hydrogen-bond acceptors (Lipinski definition) is 4. The third-order valence-electron chi connectivity index (χ3n) is 3.98. The van der Waals surface area contributed by atoms with Gasteiger partial charge in [-0.25, -0.2) is 9.97 Å². The summed E-state index contributed by atoms with van der Waals surface area (Å²) in [5.41, 5.74) is 2.74. The molecule has 0 atom stereocenters. The predicted octanol–water partition coefficient (Wildman–Crippen LogP) is 3.72. The summed E-state index contributed by atoms with van der Waals surface area (Å²) in [6, 6.07) is 8.61. The lowest BCUT2D eigenvalue weighted by Gasteiger charge is -2.13. The largest absolute Gasteiger partial charge is 0.326 e. The minimum absolute atomic E-state index is 0.00434. The maximum Gasteiger partial charge on any atom is 0.258 e. The Morgan fingerprint density at radius 1 is 0.960 bits per heavy atom. The molecule has 25 heavy (non-hydrogen) atoms. The third kappa shape index (κ3) is 5.11. The summed E-state index contributed by atoms with van der Waals surface area (Å²) in [7, 11) is 0. The lowest BCUT2D eigenvalue weighted by atomic mass is 10.0. The summed E-state index contributed by atoms with van der Waals surface area (Å²) in [5, 5.41) is 5.57. The van der Waals surface area contributed by atoms with Crippen LogP contribution < -0.4 is 10.6 Å². The van der Waals surface area contributed by atoms with Crippen LogP contribution in [0.4, 0.5) is 11.6 Å². The van der Waals surface area contributed by atoms with E-state index >= 15 is 0 Å². The van der Waals surface area contributed by atoms with Gasteiger partial charge < -0.3 is 5.32 Å². The molecule has 0 aliphatic heterocycles. The molecule has 0 spiro atoms. The molecule has 0 saturated carbocycles. The van der Waals surface area contributed by atoms with Gasteiger partial charge >= 0.3 is 0 Å². The van der Waals surface area contributed by atoms with Crippen molar-refractivity contribution in [3.63, 3.8) is 0 Å². The van der Waals surface area contributed by atoms with Crippen LogP contribution in [-0.4, -0.2) is 21.8 Å². The Hall–Kier alpha value is -2.76. The Balaban J connectivity index is 2.03. The molecule has 0 aliphatic carbocycles. The smallest absolute Gasteiger partial charge is 0.258 e. The zero-order chi connectivity index (χ0) is 18.4. The van der Waals surface area contributed by atoms with Gasteiger partial charge in [-0.3, -0.25) is 14.9 Å². The lowest BCUT2D eigenvalue weighted by Crippen LogP contribution is -2.21. The Kier molecular flexibility index (Phi) is 6.22. The Bertz CT molecular complexity index is 732. The molecule has 0 aliphatic rings. The first kappa shape index (κ1) is 18.6. The fourth-order valence-corrected chi connectivity index (χ4v) is 2.56. The Morgan fingerprint density at radius 3 is 2.04 bits per heavy atom. The second kappa shape index (κ2) is 8.37. The highest BCUT2D eigenvalue weighted by atomic mass is 16.2. The van der Waals surface area contributed by atoms with Gasteiger partial charge in [0.2, 0.25) is 11.9 Å². The minimum atomic E-state index is -0.289. The van der Waals surface area contributed by atoms with E-state index in [2.05, 4.69) is 20.6 Å². The molecule has 2 rings (SSSR count). The van der Waals surface area contributed by atoms with Crippen LogP contribution in [0.1, 0.15) is 48.4 Å². The van der Waals surface area contributed by atoms with E-state index in [1.165, 1.54) is 0 Å². The molecule has 132 valence electrons. The van der Waals surface area contributed by atoms with Gasteiger partial charge in [-0.1, -0.05) is 13.8 Å². The second-order valence-corrected chi connectivity index (χ2v) is 6.01. The number of amides is 2. The van der Waals surface area contributed by atoms with E-state index in [0.29, 0.717) is 11.3 Å². The summed E-state index contributed by atoms with van der Waals surface area (Å²) >= 11 is 0. The van der Waals surface area contributed by atoms with Gasteiger partial charge in [0.15, 0.2) is 0 Å². The fraction of sp³-hybridized carbons (Fsp3) is 0.368. The third-order valence-corrected chi connectivity index (χ3v) is 3.98.